The number of ether oxygens (including phenoxy) is 1. The van der Waals surface area contributed by atoms with Gasteiger partial charge in [0.05, 0.1) is 5.02 Å². The van der Waals surface area contributed by atoms with Gasteiger partial charge >= 0.3 is 0 Å². The van der Waals surface area contributed by atoms with Gasteiger partial charge in [-0.2, -0.15) is 0 Å². The highest BCUT2D eigenvalue weighted by molar-refractivity contribution is 7.15. The van der Waals surface area contributed by atoms with Gasteiger partial charge < -0.3 is 9.26 Å². The van der Waals surface area contributed by atoms with Gasteiger partial charge in [-0.25, -0.2) is 0 Å². The molecule has 0 saturated carbocycles. The molecule has 0 fully saturated rings. The molecule has 0 bridgehead atoms. The summed E-state index contributed by atoms with van der Waals surface area (Å²) in [5.41, 5.74) is 1.26. The van der Waals surface area contributed by atoms with Crippen molar-refractivity contribution < 1.29 is 14.1 Å². The molecule has 0 radical (unpaired) electrons. The van der Waals surface area contributed by atoms with Crippen molar-refractivity contribution in [2.45, 2.75) is 13.5 Å². The maximum absolute atomic E-state index is 12.9. The van der Waals surface area contributed by atoms with Gasteiger partial charge in [-0.05, 0) is 37.3 Å². The number of carbonyl (C=O) groups is 1. The minimum atomic E-state index is -0.412. The van der Waals surface area contributed by atoms with Crippen molar-refractivity contribution in [3.63, 3.8) is 0 Å². The zero-order valence-electron chi connectivity index (χ0n) is 15.6. The van der Waals surface area contributed by atoms with E-state index in [1.807, 2.05) is 6.07 Å². The molecule has 10 heteroatoms. The number of hydrogen-bond acceptors (Lipinski definition) is 7. The molecule has 4 rings (SSSR count). The fraction of sp³-hybridized carbons (Fsp3) is 0.100. The standard InChI is InChI=1S/C20H14Cl2N4O3S/c1-11-17(18(26-29-11)14-4-2-3-5-15(14)22)19(27)23-20-25-24-16(30-20)10-28-13-8-6-12(21)7-9-13/h2-9H,10H2,1H3,(H,23,25,27). The lowest BCUT2D eigenvalue weighted by molar-refractivity contribution is 0.102. The second-order valence-electron chi connectivity index (χ2n) is 6.14. The zero-order chi connectivity index (χ0) is 21.1. The quantitative estimate of drug-likeness (QED) is 0.400. The maximum atomic E-state index is 12.9. The molecule has 0 spiro atoms. The number of aromatic nitrogens is 3. The third kappa shape index (κ3) is 4.46. The van der Waals surface area contributed by atoms with Gasteiger partial charge in [-0.1, -0.05) is 57.9 Å². The molecule has 0 aliphatic rings. The summed E-state index contributed by atoms with van der Waals surface area (Å²) in [7, 11) is 0. The number of rotatable bonds is 6. The summed E-state index contributed by atoms with van der Waals surface area (Å²) >= 11 is 13.3. The molecule has 0 aliphatic carbocycles. The van der Waals surface area contributed by atoms with Crippen LogP contribution in [0.25, 0.3) is 11.3 Å². The number of aryl methyl sites for hydroxylation is 1. The largest absolute Gasteiger partial charge is 0.486 e. The molecule has 1 amide bonds. The number of nitrogens with zero attached hydrogens (tertiary/aromatic N) is 3. The highest BCUT2D eigenvalue weighted by Gasteiger charge is 2.24. The van der Waals surface area contributed by atoms with Crippen LogP contribution < -0.4 is 10.1 Å². The minimum absolute atomic E-state index is 0.215. The normalized spacial score (nSPS) is 10.8. The first kappa shape index (κ1) is 20.3. The summed E-state index contributed by atoms with van der Waals surface area (Å²) in [5.74, 6) is 0.618. The first-order valence-corrected chi connectivity index (χ1v) is 10.3. The topological polar surface area (TPSA) is 90.1 Å². The molecule has 0 aliphatic heterocycles. The van der Waals surface area contributed by atoms with Crippen LogP contribution in [0, 0.1) is 6.92 Å². The molecule has 4 aromatic rings. The summed E-state index contributed by atoms with van der Waals surface area (Å²) in [6, 6.07) is 14.1. The number of carbonyl (C=O) groups excluding carboxylic acids is 1. The average molecular weight is 461 g/mol. The van der Waals surface area contributed by atoms with E-state index >= 15 is 0 Å². The van der Waals surface area contributed by atoms with Crippen LogP contribution in [0.1, 0.15) is 21.1 Å². The summed E-state index contributed by atoms with van der Waals surface area (Å²) in [5, 5.41) is 16.8. The number of halogens is 2. The van der Waals surface area contributed by atoms with E-state index in [0.717, 1.165) is 0 Å². The lowest BCUT2D eigenvalue weighted by Gasteiger charge is -2.04. The van der Waals surface area contributed by atoms with Gasteiger partial charge in [0.2, 0.25) is 5.13 Å². The first-order valence-electron chi connectivity index (χ1n) is 8.74. The molecule has 0 saturated heterocycles. The van der Waals surface area contributed by atoms with Crippen LogP contribution >= 0.6 is 34.5 Å². The lowest BCUT2D eigenvalue weighted by Crippen LogP contribution is -2.13. The van der Waals surface area contributed by atoms with Crippen LogP contribution in [0.5, 0.6) is 5.75 Å². The van der Waals surface area contributed by atoms with Crippen LogP contribution in [0.15, 0.2) is 53.1 Å². The van der Waals surface area contributed by atoms with Gasteiger partial charge in [0.1, 0.15) is 29.4 Å². The fourth-order valence-corrected chi connectivity index (χ4v) is 3.67. The van der Waals surface area contributed by atoms with Gasteiger partial charge in [0, 0.05) is 10.6 Å². The molecule has 0 unspecified atom stereocenters. The van der Waals surface area contributed by atoms with Crippen molar-refractivity contribution in [3.05, 3.63) is 74.9 Å². The number of nitrogens with one attached hydrogen (secondary N) is 1. The highest BCUT2D eigenvalue weighted by atomic mass is 35.5. The van der Waals surface area contributed by atoms with Crippen LogP contribution in [-0.4, -0.2) is 21.3 Å². The van der Waals surface area contributed by atoms with Gasteiger partial charge in [0.25, 0.3) is 5.91 Å². The molecule has 2 aromatic heterocycles. The molecule has 2 aromatic carbocycles. The Labute approximate surface area is 185 Å². The lowest BCUT2D eigenvalue weighted by atomic mass is 10.1. The molecule has 7 nitrogen and oxygen atoms in total. The Morgan fingerprint density at radius 2 is 1.90 bits per heavy atom. The summed E-state index contributed by atoms with van der Waals surface area (Å²) in [6.07, 6.45) is 0. The third-order valence-electron chi connectivity index (χ3n) is 4.08. The molecule has 2 heterocycles. The first-order chi connectivity index (χ1) is 14.5. The molecular weight excluding hydrogens is 447 g/mol. The third-order valence-corrected chi connectivity index (χ3v) is 5.48. The van der Waals surface area contributed by atoms with Crippen molar-refractivity contribution in [3.8, 4) is 17.0 Å². The van der Waals surface area contributed by atoms with Crippen molar-refractivity contribution in [1.29, 1.82) is 0 Å². The summed E-state index contributed by atoms with van der Waals surface area (Å²) < 4.78 is 10.9. The highest BCUT2D eigenvalue weighted by Crippen LogP contribution is 2.31. The van der Waals surface area contributed by atoms with E-state index in [0.29, 0.717) is 43.0 Å². The molecular formula is C20H14Cl2N4O3S. The van der Waals surface area contributed by atoms with E-state index in [2.05, 4.69) is 20.7 Å². The van der Waals surface area contributed by atoms with Crippen molar-refractivity contribution in [2.75, 3.05) is 5.32 Å². The van der Waals surface area contributed by atoms with E-state index in [1.165, 1.54) is 11.3 Å². The predicted octanol–water partition coefficient (Wildman–Crippen LogP) is 5.64. The predicted molar refractivity (Wildman–Crippen MR) is 115 cm³/mol. The second kappa shape index (κ2) is 8.83. The van der Waals surface area contributed by atoms with Gasteiger partial charge in [-0.15, -0.1) is 10.2 Å². The van der Waals surface area contributed by atoms with E-state index in [1.54, 1.807) is 49.4 Å². The summed E-state index contributed by atoms with van der Waals surface area (Å²) in [4.78, 5) is 12.9. The molecule has 1 N–H and O–H groups in total. The number of benzene rings is 2. The van der Waals surface area contributed by atoms with Crippen LogP contribution in [0.4, 0.5) is 5.13 Å². The molecule has 30 heavy (non-hydrogen) atoms. The Morgan fingerprint density at radius 3 is 2.67 bits per heavy atom. The van der Waals surface area contributed by atoms with Crippen molar-refractivity contribution in [2.24, 2.45) is 0 Å². The molecule has 0 atom stereocenters. The summed E-state index contributed by atoms with van der Waals surface area (Å²) in [6.45, 7) is 1.88. The van der Waals surface area contributed by atoms with E-state index in [4.69, 9.17) is 32.5 Å². The Morgan fingerprint density at radius 1 is 1.13 bits per heavy atom. The van der Waals surface area contributed by atoms with Crippen LogP contribution in [0.2, 0.25) is 10.0 Å². The minimum Gasteiger partial charge on any atom is -0.486 e. The number of hydrogen-bond donors (Lipinski definition) is 1. The van der Waals surface area contributed by atoms with Crippen molar-refractivity contribution >= 4 is 45.6 Å². The Balaban J connectivity index is 1.47. The number of anilines is 1. The van der Waals surface area contributed by atoms with Crippen LogP contribution in [0.3, 0.4) is 0 Å². The molecule has 152 valence electrons. The zero-order valence-corrected chi connectivity index (χ0v) is 17.9. The number of amides is 1. The second-order valence-corrected chi connectivity index (χ2v) is 8.05. The SMILES string of the molecule is Cc1onc(-c2ccccc2Cl)c1C(=O)Nc1nnc(COc2ccc(Cl)cc2)s1. The Bertz CT molecular complexity index is 1190. The van der Waals surface area contributed by atoms with E-state index in [-0.39, 0.29) is 12.2 Å². The van der Waals surface area contributed by atoms with Crippen molar-refractivity contribution in [1.82, 2.24) is 15.4 Å². The van der Waals surface area contributed by atoms with E-state index < -0.39 is 5.91 Å². The Kier molecular flexibility index (Phi) is 5.98. The smallest absolute Gasteiger partial charge is 0.263 e. The van der Waals surface area contributed by atoms with Gasteiger partial charge in [-0.3, -0.25) is 10.1 Å². The fourth-order valence-electron chi connectivity index (χ4n) is 2.67. The van der Waals surface area contributed by atoms with Gasteiger partial charge in [0.15, 0.2) is 5.01 Å². The maximum Gasteiger partial charge on any atom is 0.263 e. The Hall–Kier alpha value is -2.94. The average Bonchev–Trinajstić information content (AvgIpc) is 3.34. The monoisotopic (exact) mass is 460 g/mol. The van der Waals surface area contributed by atoms with Crippen LogP contribution in [-0.2, 0) is 6.61 Å². The van der Waals surface area contributed by atoms with E-state index in [9.17, 15) is 4.79 Å².